The molecule has 0 unspecified atom stereocenters. The number of benzene rings is 2. The quantitative estimate of drug-likeness (QED) is 0.297. The van der Waals surface area contributed by atoms with E-state index in [9.17, 15) is 20.2 Å². The van der Waals surface area contributed by atoms with Crippen LogP contribution in [0.15, 0.2) is 48.5 Å². The van der Waals surface area contributed by atoms with Crippen LogP contribution < -0.4 is 0 Å². The van der Waals surface area contributed by atoms with Crippen LogP contribution >= 0.6 is 0 Å². The Kier molecular flexibility index (Phi) is 10.9. The van der Waals surface area contributed by atoms with Crippen molar-refractivity contribution >= 4 is 11.4 Å². The number of phenolic OH excluding ortho intramolecular Hbond substituents is 1. The summed E-state index contributed by atoms with van der Waals surface area (Å²) in [6.45, 7) is 2.25. The van der Waals surface area contributed by atoms with Crippen LogP contribution in [0.25, 0.3) is 0 Å². The highest BCUT2D eigenvalue weighted by atomic mass is 16.6. The number of hydrogen-bond donors (Lipinski definition) is 1. The Morgan fingerprint density at radius 1 is 0.786 bits per heavy atom. The molecule has 28 heavy (non-hydrogen) atoms. The van der Waals surface area contributed by atoms with E-state index in [-0.39, 0.29) is 11.4 Å². The van der Waals surface area contributed by atoms with Gasteiger partial charge in [0.15, 0.2) is 0 Å². The van der Waals surface area contributed by atoms with Crippen molar-refractivity contribution in [3.8, 4) is 5.75 Å². The molecule has 0 bridgehead atoms. The molecule has 152 valence electrons. The molecule has 0 heterocycles. The fourth-order valence-electron chi connectivity index (χ4n) is 2.67. The molecular formula is C21H28N2O5. The summed E-state index contributed by atoms with van der Waals surface area (Å²) in [7, 11) is 0. The maximum absolute atomic E-state index is 10.2. The Labute approximate surface area is 165 Å². The Hall–Kier alpha value is -2.96. The van der Waals surface area contributed by atoms with Crippen LogP contribution in [0.4, 0.5) is 11.4 Å². The molecule has 0 saturated heterocycles. The number of non-ortho nitro benzene ring substituents is 2. The first-order valence-electron chi connectivity index (χ1n) is 9.60. The minimum atomic E-state index is -0.674. The average Bonchev–Trinajstić information content (AvgIpc) is 2.69. The minimum absolute atomic E-state index is 0.274. The first kappa shape index (κ1) is 23.1. The standard InChI is InChI=1S/C15H24O.C6H4N2O4/c1-2-3-4-5-6-7-8-9-14-10-12-15(16)13-11-14;9-7(10)5-2-1-3-6(4-5)8(11)12/h10-13,16H,2-9H2,1H3;1-4H. The summed E-state index contributed by atoms with van der Waals surface area (Å²) in [5.41, 5.74) is 0.791. The highest BCUT2D eigenvalue weighted by Crippen LogP contribution is 2.18. The zero-order valence-electron chi connectivity index (χ0n) is 16.3. The van der Waals surface area contributed by atoms with Crippen LogP contribution in [0.1, 0.15) is 57.4 Å². The van der Waals surface area contributed by atoms with Gasteiger partial charge in [-0.15, -0.1) is 0 Å². The number of nitro groups is 2. The first-order chi connectivity index (χ1) is 13.4. The van der Waals surface area contributed by atoms with Crippen molar-refractivity contribution in [1.29, 1.82) is 0 Å². The van der Waals surface area contributed by atoms with Crippen LogP contribution in [0.3, 0.4) is 0 Å². The number of rotatable bonds is 10. The highest BCUT2D eigenvalue weighted by molar-refractivity contribution is 5.42. The number of unbranched alkanes of at least 4 members (excludes halogenated alkanes) is 6. The third-order valence-electron chi connectivity index (χ3n) is 4.26. The molecule has 0 saturated carbocycles. The lowest BCUT2D eigenvalue weighted by Crippen LogP contribution is -1.91. The summed E-state index contributed by atoms with van der Waals surface area (Å²) in [6, 6.07) is 12.2. The van der Waals surface area contributed by atoms with Gasteiger partial charge in [-0.2, -0.15) is 0 Å². The number of aryl methyl sites for hydroxylation is 1. The van der Waals surface area contributed by atoms with E-state index < -0.39 is 9.85 Å². The maximum atomic E-state index is 10.2. The van der Waals surface area contributed by atoms with E-state index in [0.29, 0.717) is 5.75 Å². The molecule has 2 rings (SSSR count). The SMILES string of the molecule is CCCCCCCCCc1ccc(O)cc1.O=[N+]([O-])c1cccc([N+](=O)[O-])c1. The second-order valence-electron chi connectivity index (χ2n) is 6.57. The Bertz CT molecular complexity index is 703. The van der Waals surface area contributed by atoms with Crippen LogP contribution in [0.2, 0.25) is 0 Å². The van der Waals surface area contributed by atoms with Gasteiger partial charge in [-0.3, -0.25) is 20.2 Å². The van der Waals surface area contributed by atoms with Crippen molar-refractivity contribution < 1.29 is 15.0 Å². The molecule has 1 N–H and O–H groups in total. The zero-order valence-corrected chi connectivity index (χ0v) is 16.3. The number of hydrogen-bond acceptors (Lipinski definition) is 5. The number of nitrogens with zero attached hydrogens (tertiary/aromatic N) is 2. The molecule has 0 fully saturated rings. The molecule has 7 nitrogen and oxygen atoms in total. The fourth-order valence-corrected chi connectivity index (χ4v) is 2.67. The highest BCUT2D eigenvalue weighted by Gasteiger charge is 2.11. The summed E-state index contributed by atoms with van der Waals surface area (Å²) in [4.78, 5) is 19.0. The third kappa shape index (κ3) is 9.66. The van der Waals surface area contributed by atoms with Crippen molar-refractivity contribution in [2.24, 2.45) is 0 Å². The van der Waals surface area contributed by atoms with Gasteiger partial charge in [0.25, 0.3) is 11.4 Å². The van der Waals surface area contributed by atoms with E-state index in [0.717, 1.165) is 12.5 Å². The Morgan fingerprint density at radius 3 is 1.79 bits per heavy atom. The molecule has 0 aliphatic heterocycles. The van der Waals surface area contributed by atoms with Gasteiger partial charge in [0.2, 0.25) is 0 Å². The monoisotopic (exact) mass is 388 g/mol. The van der Waals surface area contributed by atoms with Crippen molar-refractivity contribution in [1.82, 2.24) is 0 Å². The first-order valence-corrected chi connectivity index (χ1v) is 9.60. The summed E-state index contributed by atoms with van der Waals surface area (Å²) in [6.07, 6.45) is 10.6. The second-order valence-corrected chi connectivity index (χ2v) is 6.57. The van der Waals surface area contributed by atoms with E-state index >= 15 is 0 Å². The van der Waals surface area contributed by atoms with E-state index in [1.807, 2.05) is 12.1 Å². The van der Waals surface area contributed by atoms with Crippen LogP contribution in [-0.4, -0.2) is 15.0 Å². The van der Waals surface area contributed by atoms with Gasteiger partial charge in [0.05, 0.1) is 15.9 Å². The minimum Gasteiger partial charge on any atom is -0.508 e. The molecule has 0 radical (unpaired) electrons. The number of nitro benzene ring substituents is 2. The fraction of sp³-hybridized carbons (Fsp3) is 0.429. The van der Waals surface area contributed by atoms with Crippen molar-refractivity contribution in [3.05, 3.63) is 74.3 Å². The van der Waals surface area contributed by atoms with Gasteiger partial charge in [-0.25, -0.2) is 0 Å². The maximum Gasteiger partial charge on any atom is 0.276 e. The molecule has 0 aromatic heterocycles. The topological polar surface area (TPSA) is 107 Å². The third-order valence-corrected chi connectivity index (χ3v) is 4.26. The smallest absolute Gasteiger partial charge is 0.276 e. The van der Waals surface area contributed by atoms with Gasteiger partial charge in [-0.1, -0.05) is 57.6 Å². The molecule has 0 atom stereocenters. The lowest BCUT2D eigenvalue weighted by Gasteiger charge is -2.02. The molecule has 0 amide bonds. The van der Waals surface area contributed by atoms with E-state index in [2.05, 4.69) is 6.92 Å². The summed E-state index contributed by atoms with van der Waals surface area (Å²) >= 11 is 0. The van der Waals surface area contributed by atoms with E-state index in [1.165, 1.54) is 68.7 Å². The molecule has 7 heteroatoms. The molecule has 2 aromatic carbocycles. The lowest BCUT2D eigenvalue weighted by atomic mass is 10.0. The van der Waals surface area contributed by atoms with Crippen molar-refractivity contribution in [3.63, 3.8) is 0 Å². The number of aromatic hydroxyl groups is 1. The lowest BCUT2D eigenvalue weighted by molar-refractivity contribution is -0.394. The summed E-state index contributed by atoms with van der Waals surface area (Å²) in [5.74, 6) is 0.364. The van der Waals surface area contributed by atoms with Gasteiger partial charge in [0, 0.05) is 12.1 Å². The average molecular weight is 388 g/mol. The molecule has 2 aromatic rings. The van der Waals surface area contributed by atoms with Crippen LogP contribution in [-0.2, 0) is 6.42 Å². The van der Waals surface area contributed by atoms with Gasteiger partial charge in [0.1, 0.15) is 5.75 Å². The van der Waals surface area contributed by atoms with Gasteiger partial charge >= 0.3 is 0 Å². The van der Waals surface area contributed by atoms with Crippen LogP contribution in [0.5, 0.6) is 5.75 Å². The number of phenols is 1. The normalized spacial score (nSPS) is 10.0. The predicted octanol–water partition coefficient (Wildman–Crippen LogP) is 6.19. The summed E-state index contributed by atoms with van der Waals surface area (Å²) < 4.78 is 0. The predicted molar refractivity (Wildman–Crippen MR) is 110 cm³/mol. The van der Waals surface area contributed by atoms with Crippen LogP contribution in [0, 0.1) is 20.2 Å². The van der Waals surface area contributed by atoms with Crippen molar-refractivity contribution in [2.45, 2.75) is 58.3 Å². The van der Waals surface area contributed by atoms with Gasteiger partial charge in [-0.05, 0) is 36.6 Å². The molecule has 0 spiro atoms. The summed E-state index contributed by atoms with van der Waals surface area (Å²) in [5, 5.41) is 29.5. The van der Waals surface area contributed by atoms with Gasteiger partial charge < -0.3 is 5.11 Å². The van der Waals surface area contributed by atoms with Crippen molar-refractivity contribution in [2.75, 3.05) is 0 Å². The van der Waals surface area contributed by atoms with E-state index in [1.54, 1.807) is 12.1 Å². The molecule has 0 aliphatic carbocycles. The molecule has 0 aliphatic rings. The Balaban J connectivity index is 0.000000292. The van der Waals surface area contributed by atoms with E-state index in [4.69, 9.17) is 5.11 Å². The Morgan fingerprint density at radius 2 is 1.29 bits per heavy atom. The second kappa shape index (κ2) is 13.2. The zero-order chi connectivity index (χ0) is 20.8. The largest absolute Gasteiger partial charge is 0.508 e. The molecular weight excluding hydrogens is 360 g/mol.